The third kappa shape index (κ3) is 1.95. The Hall–Kier alpha value is -2.47. The second kappa shape index (κ2) is 5.06. The summed E-state index contributed by atoms with van der Waals surface area (Å²) in [5.41, 5.74) is 3.25. The molecule has 5 nitrogen and oxygen atoms in total. The molecule has 2 aromatic rings. The number of rotatable bonds is 1. The van der Waals surface area contributed by atoms with Gasteiger partial charge in [-0.05, 0) is 30.8 Å². The van der Waals surface area contributed by atoms with Crippen LogP contribution in [0.5, 0.6) is 5.88 Å². The van der Waals surface area contributed by atoms with E-state index in [0.29, 0.717) is 5.57 Å². The van der Waals surface area contributed by atoms with Gasteiger partial charge in [-0.1, -0.05) is 18.2 Å². The van der Waals surface area contributed by atoms with Gasteiger partial charge in [0.1, 0.15) is 5.56 Å². The Morgan fingerprint density at radius 1 is 1.23 bits per heavy atom. The van der Waals surface area contributed by atoms with Gasteiger partial charge < -0.3 is 5.11 Å². The van der Waals surface area contributed by atoms with Crippen LogP contribution in [-0.4, -0.2) is 20.5 Å². The highest BCUT2D eigenvalue weighted by molar-refractivity contribution is 7.71. The van der Waals surface area contributed by atoms with Crippen LogP contribution in [0.1, 0.15) is 18.1 Å². The molecule has 0 fully saturated rings. The molecule has 0 saturated heterocycles. The number of allylic oxidation sites excluding steroid dienone is 2. The highest BCUT2D eigenvalue weighted by atomic mass is 32.1. The highest BCUT2D eigenvalue weighted by Gasteiger charge is 2.21. The van der Waals surface area contributed by atoms with Crippen molar-refractivity contribution >= 4 is 35.3 Å². The van der Waals surface area contributed by atoms with Gasteiger partial charge in [0.05, 0.1) is 5.69 Å². The predicted molar refractivity (Wildman–Crippen MR) is 90.2 cm³/mol. The number of aromatic hydroxyl groups is 1. The van der Waals surface area contributed by atoms with E-state index in [-0.39, 0.29) is 21.8 Å². The molecule has 1 aromatic carbocycles. The maximum Gasteiger partial charge on any atom is 0.265 e. The molecule has 1 N–H and O–H groups in total. The van der Waals surface area contributed by atoms with Crippen LogP contribution in [0.25, 0.3) is 11.1 Å². The van der Waals surface area contributed by atoms with Crippen molar-refractivity contribution in [1.82, 2.24) is 9.13 Å². The zero-order valence-corrected chi connectivity index (χ0v) is 13.3. The predicted octanol–water partition coefficient (Wildman–Crippen LogP) is 2.81. The number of hydrogen-bond acceptors (Lipinski definition) is 4. The first kappa shape index (κ1) is 14.5. The smallest absolute Gasteiger partial charge is 0.265 e. The van der Waals surface area contributed by atoms with E-state index >= 15 is 0 Å². The molecule has 0 unspecified atom stereocenters. The molecule has 2 heterocycles. The van der Waals surface area contributed by atoms with Crippen LogP contribution >= 0.6 is 12.2 Å². The van der Waals surface area contributed by atoms with E-state index in [1.165, 1.54) is 9.13 Å². The summed E-state index contributed by atoms with van der Waals surface area (Å²) >= 11 is 5.14. The molecule has 0 amide bonds. The Morgan fingerprint density at radius 3 is 2.64 bits per heavy atom. The van der Waals surface area contributed by atoms with Gasteiger partial charge in [0.15, 0.2) is 4.77 Å². The van der Waals surface area contributed by atoms with Crippen LogP contribution in [0.15, 0.2) is 34.1 Å². The third-order valence-corrected chi connectivity index (χ3v) is 4.49. The lowest BCUT2D eigenvalue weighted by Crippen LogP contribution is -2.25. The molecular weight excluding hydrogens is 298 g/mol. The van der Waals surface area contributed by atoms with E-state index < -0.39 is 0 Å². The standard InChI is InChI=1S/C16H15N3O2S/c1-9(11-8-17-12-7-5-4-6-10(11)12)13-14(20)18(2)16(22)19(3)15(13)21/h4-8,20H,1-3H3/b11-9+. The van der Waals surface area contributed by atoms with Gasteiger partial charge >= 0.3 is 0 Å². The van der Waals surface area contributed by atoms with Crippen molar-refractivity contribution in [3.8, 4) is 5.88 Å². The molecule has 0 atom stereocenters. The largest absolute Gasteiger partial charge is 0.494 e. The van der Waals surface area contributed by atoms with Crippen LogP contribution in [0.3, 0.4) is 0 Å². The number of para-hydroxylation sites is 1. The van der Waals surface area contributed by atoms with Crippen molar-refractivity contribution in [2.75, 3.05) is 0 Å². The SMILES string of the molecule is C/C(=C1/C=Nc2ccccc21)c1c(O)n(C)c(=S)n(C)c1=O. The van der Waals surface area contributed by atoms with E-state index in [9.17, 15) is 9.90 Å². The van der Waals surface area contributed by atoms with Crippen LogP contribution in [0, 0.1) is 4.77 Å². The lowest BCUT2D eigenvalue weighted by atomic mass is 9.98. The van der Waals surface area contributed by atoms with Crippen LogP contribution in [0.4, 0.5) is 5.69 Å². The maximum atomic E-state index is 12.5. The number of aromatic nitrogens is 2. The normalized spacial score (nSPS) is 15.0. The van der Waals surface area contributed by atoms with Gasteiger partial charge in [-0.15, -0.1) is 0 Å². The summed E-state index contributed by atoms with van der Waals surface area (Å²) < 4.78 is 3.05. The van der Waals surface area contributed by atoms with E-state index in [4.69, 9.17) is 12.2 Å². The zero-order valence-electron chi connectivity index (χ0n) is 12.5. The Kier molecular flexibility index (Phi) is 3.33. The van der Waals surface area contributed by atoms with Crippen molar-refractivity contribution in [3.63, 3.8) is 0 Å². The van der Waals surface area contributed by atoms with E-state index in [1.807, 2.05) is 31.2 Å². The number of benzene rings is 1. The lowest BCUT2D eigenvalue weighted by molar-refractivity contribution is 0.413. The molecular formula is C16H15N3O2S. The van der Waals surface area contributed by atoms with Crippen LogP contribution < -0.4 is 5.56 Å². The number of fused-ring (bicyclic) bond motifs is 1. The topological polar surface area (TPSA) is 59.5 Å². The second-order valence-electron chi connectivity index (χ2n) is 5.22. The fraction of sp³-hybridized carbons (Fsp3) is 0.188. The number of aliphatic imine (C=N–C) groups is 1. The van der Waals surface area contributed by atoms with Crippen molar-refractivity contribution in [2.45, 2.75) is 6.92 Å². The van der Waals surface area contributed by atoms with Gasteiger partial charge in [0, 0.05) is 31.4 Å². The van der Waals surface area contributed by atoms with Crippen molar-refractivity contribution in [1.29, 1.82) is 0 Å². The molecule has 0 saturated carbocycles. The van der Waals surface area contributed by atoms with Gasteiger partial charge in [0.2, 0.25) is 5.88 Å². The fourth-order valence-electron chi connectivity index (χ4n) is 2.61. The molecule has 3 rings (SSSR count). The average molecular weight is 313 g/mol. The molecule has 6 heteroatoms. The van der Waals surface area contributed by atoms with Crippen LogP contribution in [0.2, 0.25) is 0 Å². The molecule has 112 valence electrons. The van der Waals surface area contributed by atoms with E-state index in [1.54, 1.807) is 20.3 Å². The molecule has 1 aliphatic heterocycles. The Bertz CT molecular complexity index is 964. The first-order valence-electron chi connectivity index (χ1n) is 6.77. The van der Waals surface area contributed by atoms with Crippen LogP contribution in [-0.2, 0) is 14.1 Å². The summed E-state index contributed by atoms with van der Waals surface area (Å²) in [5, 5.41) is 10.4. The first-order chi connectivity index (χ1) is 10.4. The Balaban J connectivity index is 2.35. The molecule has 1 aliphatic rings. The maximum absolute atomic E-state index is 12.5. The minimum atomic E-state index is -0.316. The molecule has 0 spiro atoms. The Morgan fingerprint density at radius 2 is 1.91 bits per heavy atom. The van der Waals surface area contributed by atoms with Crippen molar-refractivity contribution in [3.05, 3.63) is 50.5 Å². The minimum absolute atomic E-state index is 0.129. The zero-order chi connectivity index (χ0) is 16.0. The molecule has 0 bridgehead atoms. The van der Waals surface area contributed by atoms with Gasteiger partial charge in [-0.2, -0.15) is 0 Å². The average Bonchev–Trinajstić information content (AvgIpc) is 2.95. The van der Waals surface area contributed by atoms with E-state index in [0.717, 1.165) is 16.8 Å². The molecule has 22 heavy (non-hydrogen) atoms. The van der Waals surface area contributed by atoms with Gasteiger partial charge in [0.25, 0.3) is 5.56 Å². The van der Waals surface area contributed by atoms with Crippen molar-refractivity contribution < 1.29 is 5.11 Å². The summed E-state index contributed by atoms with van der Waals surface area (Å²) in [6, 6.07) is 7.70. The quantitative estimate of drug-likeness (QED) is 0.824. The molecule has 0 aliphatic carbocycles. The summed E-state index contributed by atoms with van der Waals surface area (Å²) in [4.78, 5) is 16.9. The number of hydrogen-bond donors (Lipinski definition) is 1. The lowest BCUT2D eigenvalue weighted by Gasteiger charge is -2.13. The summed E-state index contributed by atoms with van der Waals surface area (Å²) in [5.74, 6) is -0.129. The van der Waals surface area contributed by atoms with Gasteiger partial charge in [-0.3, -0.25) is 18.9 Å². The second-order valence-corrected chi connectivity index (χ2v) is 5.58. The Labute approximate surface area is 132 Å². The van der Waals surface area contributed by atoms with Gasteiger partial charge in [-0.25, -0.2) is 0 Å². The van der Waals surface area contributed by atoms with Crippen molar-refractivity contribution in [2.24, 2.45) is 19.1 Å². The summed E-state index contributed by atoms with van der Waals surface area (Å²) in [7, 11) is 3.23. The monoisotopic (exact) mass is 313 g/mol. The first-order valence-corrected chi connectivity index (χ1v) is 7.18. The molecule has 0 radical (unpaired) electrons. The third-order valence-electron chi connectivity index (χ3n) is 3.94. The summed E-state index contributed by atoms with van der Waals surface area (Å²) in [6.45, 7) is 1.81. The molecule has 1 aromatic heterocycles. The fourth-order valence-corrected chi connectivity index (χ4v) is 2.78. The summed E-state index contributed by atoms with van der Waals surface area (Å²) in [6.07, 6.45) is 1.72. The highest BCUT2D eigenvalue weighted by Crippen LogP contribution is 2.36. The minimum Gasteiger partial charge on any atom is -0.494 e. The number of nitrogens with zero attached hydrogens (tertiary/aromatic N) is 3. The van der Waals surface area contributed by atoms with E-state index in [2.05, 4.69) is 4.99 Å².